The van der Waals surface area contributed by atoms with E-state index in [1.807, 2.05) is 14.0 Å². The number of nitrogens with one attached hydrogen (secondary N) is 1. The average Bonchev–Trinajstić information content (AvgIpc) is 2.78. The van der Waals surface area contributed by atoms with Gasteiger partial charge in [-0.25, -0.2) is 4.39 Å². The van der Waals surface area contributed by atoms with Crippen LogP contribution in [0.15, 0.2) is 18.2 Å². The van der Waals surface area contributed by atoms with E-state index in [9.17, 15) is 4.39 Å². The maximum Gasteiger partial charge on any atom is 0.150 e. The summed E-state index contributed by atoms with van der Waals surface area (Å²) >= 11 is 1.45. The molecule has 90 valence electrons. The summed E-state index contributed by atoms with van der Waals surface area (Å²) in [5, 5.41) is 12.7. The molecule has 0 unspecified atom stereocenters. The molecule has 1 aromatic carbocycles. The molecule has 1 heterocycles. The summed E-state index contributed by atoms with van der Waals surface area (Å²) in [7, 11) is 1.89. The van der Waals surface area contributed by atoms with Gasteiger partial charge in [0.1, 0.15) is 10.8 Å². The normalized spacial score (nSPS) is 10.8. The Labute approximate surface area is 104 Å². The van der Waals surface area contributed by atoms with Gasteiger partial charge in [0, 0.05) is 18.5 Å². The molecule has 2 rings (SSSR count). The van der Waals surface area contributed by atoms with Crippen molar-refractivity contribution in [3.8, 4) is 10.6 Å². The zero-order valence-corrected chi connectivity index (χ0v) is 10.6. The van der Waals surface area contributed by atoms with Gasteiger partial charge >= 0.3 is 0 Å². The van der Waals surface area contributed by atoms with Crippen LogP contribution in [0.5, 0.6) is 0 Å². The van der Waals surface area contributed by atoms with E-state index >= 15 is 0 Å². The van der Waals surface area contributed by atoms with Crippen molar-refractivity contribution < 1.29 is 4.39 Å². The third-order valence-electron chi connectivity index (χ3n) is 2.41. The van der Waals surface area contributed by atoms with E-state index in [2.05, 4.69) is 15.5 Å². The highest BCUT2D eigenvalue weighted by Gasteiger charge is 2.11. The van der Waals surface area contributed by atoms with Gasteiger partial charge in [-0.05, 0) is 26.1 Å². The maximum atomic E-state index is 13.6. The number of rotatable bonds is 4. The van der Waals surface area contributed by atoms with E-state index in [1.165, 1.54) is 17.4 Å². The molecule has 2 aromatic rings. The van der Waals surface area contributed by atoms with Crippen LogP contribution in [-0.2, 0) is 6.42 Å². The van der Waals surface area contributed by atoms with Gasteiger partial charge < -0.3 is 5.32 Å². The monoisotopic (exact) mass is 251 g/mol. The molecule has 0 spiro atoms. The van der Waals surface area contributed by atoms with E-state index in [4.69, 9.17) is 0 Å². The van der Waals surface area contributed by atoms with E-state index in [-0.39, 0.29) is 5.82 Å². The van der Waals surface area contributed by atoms with Crippen LogP contribution >= 0.6 is 11.3 Å². The molecule has 5 heteroatoms. The molecule has 0 bridgehead atoms. The second kappa shape index (κ2) is 5.33. The molecule has 1 N–H and O–H groups in total. The van der Waals surface area contributed by atoms with Crippen LogP contribution in [0.1, 0.15) is 10.6 Å². The number of aryl methyl sites for hydroxylation is 1. The van der Waals surface area contributed by atoms with Gasteiger partial charge in [0.05, 0.1) is 0 Å². The lowest BCUT2D eigenvalue weighted by Crippen LogP contribution is -2.09. The fourth-order valence-corrected chi connectivity index (χ4v) is 2.36. The largest absolute Gasteiger partial charge is 0.319 e. The van der Waals surface area contributed by atoms with Crippen molar-refractivity contribution in [3.63, 3.8) is 0 Å². The first-order chi connectivity index (χ1) is 8.20. The zero-order chi connectivity index (χ0) is 12.3. The Kier molecular flexibility index (Phi) is 3.81. The predicted octanol–water partition coefficient (Wildman–Crippen LogP) is 2.41. The lowest BCUT2D eigenvalue weighted by molar-refractivity contribution is 0.630. The summed E-state index contributed by atoms with van der Waals surface area (Å²) in [5.74, 6) is -0.244. The van der Waals surface area contributed by atoms with Crippen molar-refractivity contribution in [3.05, 3.63) is 34.6 Å². The number of hydrogen-bond donors (Lipinski definition) is 1. The summed E-state index contributed by atoms with van der Waals surface area (Å²) < 4.78 is 13.6. The predicted molar refractivity (Wildman–Crippen MR) is 67.7 cm³/mol. The van der Waals surface area contributed by atoms with Gasteiger partial charge in [-0.1, -0.05) is 23.0 Å². The quantitative estimate of drug-likeness (QED) is 0.906. The minimum absolute atomic E-state index is 0.244. The molecule has 17 heavy (non-hydrogen) atoms. The lowest BCUT2D eigenvalue weighted by atomic mass is 10.1. The molecule has 0 fully saturated rings. The first kappa shape index (κ1) is 12.1. The molecule has 0 aliphatic heterocycles. The van der Waals surface area contributed by atoms with Crippen LogP contribution < -0.4 is 5.32 Å². The fourth-order valence-electron chi connectivity index (χ4n) is 1.50. The number of benzene rings is 1. The minimum atomic E-state index is -0.244. The summed E-state index contributed by atoms with van der Waals surface area (Å²) in [4.78, 5) is 0. The number of halogens is 1. The van der Waals surface area contributed by atoms with Gasteiger partial charge in [-0.15, -0.1) is 10.2 Å². The Hall–Kier alpha value is -1.33. The van der Waals surface area contributed by atoms with Crippen molar-refractivity contribution in [2.24, 2.45) is 0 Å². The zero-order valence-electron chi connectivity index (χ0n) is 9.83. The van der Waals surface area contributed by atoms with Crippen molar-refractivity contribution in [1.82, 2.24) is 15.5 Å². The molecular formula is C12H14FN3S. The highest BCUT2D eigenvalue weighted by atomic mass is 32.1. The van der Waals surface area contributed by atoms with Crippen molar-refractivity contribution >= 4 is 11.3 Å². The smallest absolute Gasteiger partial charge is 0.150 e. The first-order valence-corrected chi connectivity index (χ1v) is 6.26. The highest BCUT2D eigenvalue weighted by Crippen LogP contribution is 2.27. The van der Waals surface area contributed by atoms with Crippen LogP contribution in [0.2, 0.25) is 0 Å². The van der Waals surface area contributed by atoms with Crippen LogP contribution in [0.25, 0.3) is 10.6 Å². The Bertz CT molecular complexity index is 510. The van der Waals surface area contributed by atoms with Gasteiger partial charge in [-0.3, -0.25) is 0 Å². The SMILES string of the molecule is CNCCc1nnc(-c2cc(C)ccc2F)s1. The number of aromatic nitrogens is 2. The van der Waals surface area contributed by atoms with Gasteiger partial charge in [0.2, 0.25) is 0 Å². The average molecular weight is 251 g/mol. The third kappa shape index (κ3) is 2.87. The van der Waals surface area contributed by atoms with Crippen LogP contribution in [-0.4, -0.2) is 23.8 Å². The molecule has 0 saturated carbocycles. The van der Waals surface area contributed by atoms with Crippen molar-refractivity contribution in [1.29, 1.82) is 0 Å². The van der Waals surface area contributed by atoms with Crippen molar-refractivity contribution in [2.75, 3.05) is 13.6 Å². The van der Waals surface area contributed by atoms with Gasteiger partial charge in [0.25, 0.3) is 0 Å². The Morgan fingerprint density at radius 1 is 1.35 bits per heavy atom. The van der Waals surface area contributed by atoms with E-state index < -0.39 is 0 Å². The summed E-state index contributed by atoms with van der Waals surface area (Å²) in [6, 6.07) is 5.03. The summed E-state index contributed by atoms with van der Waals surface area (Å²) in [6.07, 6.45) is 0.821. The molecule has 0 aliphatic carbocycles. The van der Waals surface area contributed by atoms with E-state index in [1.54, 1.807) is 12.1 Å². The summed E-state index contributed by atoms with van der Waals surface area (Å²) in [6.45, 7) is 2.79. The molecule has 0 amide bonds. The lowest BCUT2D eigenvalue weighted by Gasteiger charge is -1.99. The molecule has 1 aromatic heterocycles. The Morgan fingerprint density at radius 3 is 2.94 bits per heavy atom. The van der Waals surface area contributed by atoms with Gasteiger partial charge in [-0.2, -0.15) is 0 Å². The van der Waals surface area contributed by atoms with Crippen LogP contribution in [0.4, 0.5) is 4.39 Å². The maximum absolute atomic E-state index is 13.6. The van der Waals surface area contributed by atoms with Gasteiger partial charge in [0.15, 0.2) is 5.01 Å². The molecule has 0 aliphatic rings. The molecule has 0 radical (unpaired) electrons. The third-order valence-corrected chi connectivity index (χ3v) is 3.42. The molecular weight excluding hydrogens is 237 g/mol. The topological polar surface area (TPSA) is 37.8 Å². The van der Waals surface area contributed by atoms with Crippen LogP contribution in [0, 0.1) is 12.7 Å². The Morgan fingerprint density at radius 2 is 2.18 bits per heavy atom. The van der Waals surface area contributed by atoms with Crippen molar-refractivity contribution in [2.45, 2.75) is 13.3 Å². The van der Waals surface area contributed by atoms with E-state index in [0.717, 1.165) is 23.5 Å². The number of likely N-dealkylation sites (N-methyl/N-ethyl adjacent to an activating group) is 1. The minimum Gasteiger partial charge on any atom is -0.319 e. The second-order valence-electron chi connectivity index (χ2n) is 3.84. The summed E-state index contributed by atoms with van der Waals surface area (Å²) in [5.41, 5.74) is 1.56. The molecule has 3 nitrogen and oxygen atoms in total. The number of nitrogens with zero attached hydrogens (tertiary/aromatic N) is 2. The molecule has 0 atom stereocenters. The standard InChI is InChI=1S/C12H14FN3S/c1-8-3-4-10(13)9(7-8)12-16-15-11(17-12)5-6-14-2/h3-4,7,14H,5-6H2,1-2H3. The first-order valence-electron chi connectivity index (χ1n) is 5.44. The van der Waals surface area contributed by atoms with Crippen LogP contribution in [0.3, 0.4) is 0 Å². The molecule has 0 saturated heterocycles. The second-order valence-corrected chi connectivity index (χ2v) is 4.90. The van der Waals surface area contributed by atoms with E-state index in [0.29, 0.717) is 10.6 Å². The Balaban J connectivity index is 2.27. The number of hydrogen-bond acceptors (Lipinski definition) is 4. The fraction of sp³-hybridized carbons (Fsp3) is 0.333. The highest BCUT2D eigenvalue weighted by molar-refractivity contribution is 7.14.